The quantitative estimate of drug-likeness (QED) is 0.530. The van der Waals surface area contributed by atoms with Crippen LogP contribution in [0.15, 0.2) is 24.3 Å². The van der Waals surface area contributed by atoms with Crippen LogP contribution in [0.25, 0.3) is 0 Å². The van der Waals surface area contributed by atoms with Crippen molar-refractivity contribution in [2.45, 2.75) is 94.4 Å². The van der Waals surface area contributed by atoms with Gasteiger partial charge in [0.1, 0.15) is 0 Å². The molecule has 1 aromatic rings. The Morgan fingerprint density at radius 1 is 0.619 bits per heavy atom. The van der Waals surface area contributed by atoms with Gasteiger partial charge in [-0.1, -0.05) is 116 Å². The van der Waals surface area contributed by atoms with E-state index in [1.165, 1.54) is 43.2 Å². The van der Waals surface area contributed by atoms with Gasteiger partial charge in [-0.2, -0.15) is 0 Å². The Morgan fingerprint density at radius 2 is 0.857 bits per heavy atom. The van der Waals surface area contributed by atoms with Crippen molar-refractivity contribution in [1.29, 1.82) is 0 Å². The molecule has 0 heteroatoms. The van der Waals surface area contributed by atoms with Gasteiger partial charge in [-0.25, -0.2) is 0 Å². The van der Waals surface area contributed by atoms with Crippen LogP contribution in [0.4, 0.5) is 0 Å². The van der Waals surface area contributed by atoms with Crippen molar-refractivity contribution in [2.24, 2.45) is 5.92 Å². The summed E-state index contributed by atoms with van der Waals surface area (Å²) in [6.07, 6.45) is 6.72. The SMILES string of the molecule is CC(C)C.CCCC.CCCCC.Cc1ccc(C)cc1. The molecule has 21 heavy (non-hydrogen) atoms. The van der Waals surface area contributed by atoms with Gasteiger partial charge in [0.15, 0.2) is 0 Å². The highest BCUT2D eigenvalue weighted by Gasteiger charge is 1.79. The van der Waals surface area contributed by atoms with Gasteiger partial charge in [0.25, 0.3) is 0 Å². The van der Waals surface area contributed by atoms with Gasteiger partial charge < -0.3 is 0 Å². The van der Waals surface area contributed by atoms with E-state index in [1.54, 1.807) is 0 Å². The Bertz CT molecular complexity index is 228. The van der Waals surface area contributed by atoms with Gasteiger partial charge in [0, 0.05) is 0 Å². The highest BCUT2D eigenvalue weighted by Crippen LogP contribution is 1.99. The number of benzene rings is 1. The molecule has 0 unspecified atom stereocenters. The van der Waals surface area contributed by atoms with Crippen molar-refractivity contribution in [2.75, 3.05) is 0 Å². The van der Waals surface area contributed by atoms with Crippen LogP contribution in [0.3, 0.4) is 0 Å². The van der Waals surface area contributed by atoms with E-state index in [-0.39, 0.29) is 0 Å². The highest BCUT2D eigenvalue weighted by molar-refractivity contribution is 5.19. The fourth-order valence-electron chi connectivity index (χ4n) is 0.990. The summed E-state index contributed by atoms with van der Waals surface area (Å²) in [6.45, 7) is 19.5. The second-order valence-electron chi connectivity index (χ2n) is 6.24. The molecule has 0 aromatic heterocycles. The molecule has 0 saturated heterocycles. The van der Waals surface area contributed by atoms with E-state index in [1.807, 2.05) is 0 Å². The number of aryl methyl sites for hydroxylation is 2. The standard InChI is InChI=1S/C8H10.C5H12.2C4H10/c1-7-3-5-8(2)6-4-7;1-3-5-4-2;1-4(2)3;1-3-4-2/h3-6H,1-2H3;3-5H2,1-2H3;4H,1-3H3;3-4H2,1-2H3. The molecule has 0 aliphatic heterocycles. The maximum Gasteiger partial charge on any atom is -0.0398 e. The summed E-state index contributed by atoms with van der Waals surface area (Å²) in [7, 11) is 0. The maximum absolute atomic E-state index is 2.21. The Labute approximate surface area is 136 Å². The molecule has 126 valence electrons. The number of unbranched alkanes of at least 4 members (excludes halogenated alkanes) is 3. The van der Waals surface area contributed by atoms with Crippen LogP contribution in [-0.4, -0.2) is 0 Å². The van der Waals surface area contributed by atoms with Gasteiger partial charge in [-0.3, -0.25) is 0 Å². The monoisotopic (exact) mass is 294 g/mol. The van der Waals surface area contributed by atoms with E-state index in [9.17, 15) is 0 Å². The first kappa shape index (κ1) is 25.2. The Morgan fingerprint density at radius 3 is 0.952 bits per heavy atom. The summed E-state index contributed by atoms with van der Waals surface area (Å²) in [5.41, 5.74) is 2.66. The number of hydrogen-bond donors (Lipinski definition) is 0. The van der Waals surface area contributed by atoms with E-state index >= 15 is 0 Å². The van der Waals surface area contributed by atoms with Crippen LogP contribution in [0.5, 0.6) is 0 Å². The summed E-state index contributed by atoms with van der Waals surface area (Å²) in [5.74, 6) is 0.833. The van der Waals surface area contributed by atoms with Gasteiger partial charge in [0.2, 0.25) is 0 Å². The highest BCUT2D eigenvalue weighted by atomic mass is 13.9. The van der Waals surface area contributed by atoms with Crippen LogP contribution in [0, 0.1) is 19.8 Å². The van der Waals surface area contributed by atoms with Crippen molar-refractivity contribution in [1.82, 2.24) is 0 Å². The first-order chi connectivity index (χ1) is 9.85. The summed E-state index contributed by atoms with van der Waals surface area (Å²) in [5, 5.41) is 0. The van der Waals surface area contributed by atoms with E-state index in [0.717, 1.165) is 5.92 Å². The molecule has 0 aliphatic carbocycles. The molecule has 0 heterocycles. The van der Waals surface area contributed by atoms with E-state index in [0.29, 0.717) is 0 Å². The molecule has 0 nitrogen and oxygen atoms in total. The van der Waals surface area contributed by atoms with Crippen molar-refractivity contribution < 1.29 is 0 Å². The summed E-state index contributed by atoms with van der Waals surface area (Å²) in [4.78, 5) is 0. The van der Waals surface area contributed by atoms with Crippen LogP contribution in [0.1, 0.15) is 91.7 Å². The molecule has 0 spiro atoms. The second kappa shape index (κ2) is 21.5. The predicted molar refractivity (Wildman–Crippen MR) is 102 cm³/mol. The van der Waals surface area contributed by atoms with Crippen LogP contribution < -0.4 is 0 Å². The van der Waals surface area contributed by atoms with Gasteiger partial charge in [0.05, 0.1) is 0 Å². The fraction of sp³-hybridized carbons (Fsp3) is 0.714. The predicted octanol–water partition coefficient (Wildman–Crippen LogP) is 7.97. The topological polar surface area (TPSA) is 0 Å². The van der Waals surface area contributed by atoms with Crippen LogP contribution in [0.2, 0.25) is 0 Å². The molecular formula is C21H42. The molecule has 0 radical (unpaired) electrons. The second-order valence-corrected chi connectivity index (χ2v) is 6.24. The third-order valence-corrected chi connectivity index (χ3v) is 2.43. The third kappa shape index (κ3) is 38.2. The molecule has 1 rings (SSSR count). The zero-order valence-electron chi connectivity index (χ0n) is 16.4. The minimum atomic E-state index is 0.833. The van der Waals surface area contributed by atoms with Crippen molar-refractivity contribution >= 4 is 0 Å². The molecule has 0 aliphatic rings. The lowest BCUT2D eigenvalue weighted by molar-refractivity contribution is 0.737. The zero-order valence-corrected chi connectivity index (χ0v) is 16.4. The number of rotatable bonds is 3. The minimum Gasteiger partial charge on any atom is -0.0654 e. The molecule has 0 amide bonds. The van der Waals surface area contributed by atoms with Crippen molar-refractivity contribution in [3.8, 4) is 0 Å². The van der Waals surface area contributed by atoms with Crippen LogP contribution >= 0.6 is 0 Å². The molecular weight excluding hydrogens is 252 g/mol. The van der Waals surface area contributed by atoms with Gasteiger partial charge >= 0.3 is 0 Å². The maximum atomic E-state index is 2.21. The lowest BCUT2D eigenvalue weighted by Crippen LogP contribution is -1.70. The minimum absolute atomic E-state index is 0.833. The van der Waals surface area contributed by atoms with E-state index in [4.69, 9.17) is 0 Å². The Hall–Kier alpha value is -0.780. The molecule has 0 fully saturated rings. The number of hydrogen-bond acceptors (Lipinski definition) is 0. The first-order valence-corrected chi connectivity index (χ1v) is 8.88. The Kier molecular flexibility index (Phi) is 25.8. The van der Waals surface area contributed by atoms with Gasteiger partial charge in [-0.15, -0.1) is 0 Å². The van der Waals surface area contributed by atoms with Crippen molar-refractivity contribution in [3.05, 3.63) is 35.4 Å². The molecule has 0 bridgehead atoms. The smallest absolute Gasteiger partial charge is 0.0398 e. The fourth-order valence-corrected chi connectivity index (χ4v) is 0.990. The molecule has 0 atom stereocenters. The Balaban J connectivity index is -0.000000219. The molecule has 0 saturated carbocycles. The average molecular weight is 295 g/mol. The van der Waals surface area contributed by atoms with Crippen LogP contribution in [-0.2, 0) is 0 Å². The zero-order chi connectivity index (χ0) is 17.1. The van der Waals surface area contributed by atoms with E-state index in [2.05, 4.69) is 86.6 Å². The summed E-state index contributed by atoms with van der Waals surface area (Å²) in [6, 6.07) is 8.48. The lowest BCUT2D eigenvalue weighted by atomic mass is 10.2. The summed E-state index contributed by atoms with van der Waals surface area (Å²) < 4.78 is 0. The van der Waals surface area contributed by atoms with Crippen molar-refractivity contribution in [3.63, 3.8) is 0 Å². The summed E-state index contributed by atoms with van der Waals surface area (Å²) >= 11 is 0. The molecule has 0 N–H and O–H groups in total. The van der Waals surface area contributed by atoms with E-state index < -0.39 is 0 Å². The largest absolute Gasteiger partial charge is 0.0654 e. The average Bonchev–Trinajstić information content (AvgIpc) is 2.43. The molecule has 1 aromatic carbocycles. The third-order valence-electron chi connectivity index (χ3n) is 2.43. The lowest BCUT2D eigenvalue weighted by Gasteiger charge is -1.90. The first-order valence-electron chi connectivity index (χ1n) is 8.88. The normalized spacial score (nSPS) is 8.67. The van der Waals surface area contributed by atoms with Gasteiger partial charge in [-0.05, 0) is 19.8 Å².